The Bertz CT molecular complexity index is 1000. The number of hydrogen-bond acceptors (Lipinski definition) is 6. The molecule has 0 saturated carbocycles. The van der Waals surface area contributed by atoms with Crippen molar-refractivity contribution in [2.75, 3.05) is 39.9 Å². The molecular formula is C23H24ClN3O3S. The van der Waals surface area contributed by atoms with Crippen LogP contribution in [-0.2, 0) is 11.3 Å². The number of piperazine rings is 1. The minimum atomic E-state index is 0.00847. The first-order valence-corrected chi connectivity index (χ1v) is 11.3. The zero-order chi connectivity index (χ0) is 21.6. The highest BCUT2D eigenvalue weighted by Crippen LogP contribution is 2.26. The molecular weight excluding hydrogens is 434 g/mol. The average molecular weight is 458 g/mol. The largest absolute Gasteiger partial charge is 0.497 e. The molecule has 2 heterocycles. The van der Waals surface area contributed by atoms with Gasteiger partial charge in [0.2, 0.25) is 0 Å². The van der Waals surface area contributed by atoms with Gasteiger partial charge in [-0.25, -0.2) is 4.98 Å². The number of carbonyl (C=O) groups is 1. The first-order valence-electron chi connectivity index (χ1n) is 10.1. The first kappa shape index (κ1) is 21.6. The van der Waals surface area contributed by atoms with E-state index < -0.39 is 0 Å². The van der Waals surface area contributed by atoms with Gasteiger partial charge in [0.15, 0.2) is 6.61 Å². The zero-order valence-corrected chi connectivity index (χ0v) is 18.9. The molecule has 0 bridgehead atoms. The highest BCUT2D eigenvalue weighted by atomic mass is 35.5. The number of nitrogens with zero attached hydrogens (tertiary/aromatic N) is 3. The molecule has 1 amide bonds. The van der Waals surface area contributed by atoms with Gasteiger partial charge in [0, 0.05) is 48.7 Å². The molecule has 4 rings (SSSR count). The van der Waals surface area contributed by atoms with Crippen LogP contribution in [0.3, 0.4) is 0 Å². The summed E-state index contributed by atoms with van der Waals surface area (Å²) in [5.74, 6) is 1.43. The Balaban J connectivity index is 1.23. The third kappa shape index (κ3) is 5.76. The van der Waals surface area contributed by atoms with Crippen molar-refractivity contribution in [3.8, 4) is 22.1 Å². The highest BCUT2D eigenvalue weighted by Gasteiger charge is 2.22. The van der Waals surface area contributed by atoms with Crippen molar-refractivity contribution >= 4 is 28.8 Å². The molecule has 1 saturated heterocycles. The maximum atomic E-state index is 12.5. The van der Waals surface area contributed by atoms with E-state index in [0.717, 1.165) is 46.7 Å². The van der Waals surface area contributed by atoms with Crippen LogP contribution < -0.4 is 9.47 Å². The van der Waals surface area contributed by atoms with Crippen LogP contribution in [0.5, 0.6) is 11.5 Å². The lowest BCUT2D eigenvalue weighted by atomic mass is 10.2. The molecule has 1 aromatic heterocycles. The van der Waals surface area contributed by atoms with Crippen molar-refractivity contribution < 1.29 is 14.3 Å². The number of halogens is 1. The van der Waals surface area contributed by atoms with Crippen molar-refractivity contribution in [1.29, 1.82) is 0 Å². The van der Waals surface area contributed by atoms with E-state index in [1.54, 1.807) is 30.6 Å². The molecule has 31 heavy (non-hydrogen) atoms. The van der Waals surface area contributed by atoms with Crippen LogP contribution in [0, 0.1) is 0 Å². The lowest BCUT2D eigenvalue weighted by molar-refractivity contribution is -0.135. The summed E-state index contributed by atoms with van der Waals surface area (Å²) in [6.45, 7) is 3.86. The van der Waals surface area contributed by atoms with Gasteiger partial charge in [-0.2, -0.15) is 0 Å². The predicted molar refractivity (Wildman–Crippen MR) is 123 cm³/mol. The summed E-state index contributed by atoms with van der Waals surface area (Å²) in [6.07, 6.45) is 0. The quantitative estimate of drug-likeness (QED) is 0.532. The summed E-state index contributed by atoms with van der Waals surface area (Å²) in [5, 5.41) is 3.82. The van der Waals surface area contributed by atoms with Crippen molar-refractivity contribution in [2.45, 2.75) is 6.54 Å². The monoisotopic (exact) mass is 457 g/mol. The third-order valence-corrected chi connectivity index (χ3v) is 6.37. The van der Waals surface area contributed by atoms with Gasteiger partial charge in [-0.3, -0.25) is 9.69 Å². The second kappa shape index (κ2) is 10.1. The smallest absolute Gasteiger partial charge is 0.260 e. The Kier molecular flexibility index (Phi) is 7.06. The fraction of sp³-hybridized carbons (Fsp3) is 0.304. The minimum Gasteiger partial charge on any atom is -0.497 e. The normalized spacial score (nSPS) is 14.5. The van der Waals surface area contributed by atoms with Gasteiger partial charge < -0.3 is 14.4 Å². The summed E-state index contributed by atoms with van der Waals surface area (Å²) in [5.41, 5.74) is 2.13. The molecule has 8 heteroatoms. The van der Waals surface area contributed by atoms with Crippen LogP contribution >= 0.6 is 22.9 Å². The topological polar surface area (TPSA) is 54.9 Å². The zero-order valence-electron chi connectivity index (χ0n) is 17.3. The fourth-order valence-electron chi connectivity index (χ4n) is 3.40. The SMILES string of the molecule is COc1ccc(OCC(=O)N2CCN(Cc3csc(-c4ccc(Cl)cc4)n3)CC2)cc1. The summed E-state index contributed by atoms with van der Waals surface area (Å²) < 4.78 is 10.7. The van der Waals surface area contributed by atoms with Crippen LogP contribution in [0.4, 0.5) is 0 Å². The lowest BCUT2D eigenvalue weighted by Crippen LogP contribution is -2.49. The fourth-order valence-corrected chi connectivity index (χ4v) is 4.34. The lowest BCUT2D eigenvalue weighted by Gasteiger charge is -2.34. The standard InChI is InChI=1S/C23H24ClN3O3S/c1-29-20-6-8-21(9-7-20)30-15-22(28)27-12-10-26(11-13-27)14-19-16-31-23(25-19)17-2-4-18(24)5-3-17/h2-9,16H,10-15H2,1H3. The van der Waals surface area contributed by atoms with Crippen molar-refractivity contribution in [3.63, 3.8) is 0 Å². The van der Waals surface area contributed by atoms with Crippen LogP contribution in [0.15, 0.2) is 53.9 Å². The van der Waals surface area contributed by atoms with E-state index in [2.05, 4.69) is 10.3 Å². The maximum Gasteiger partial charge on any atom is 0.260 e. The number of aromatic nitrogens is 1. The molecule has 3 aromatic rings. The van der Waals surface area contributed by atoms with Crippen LogP contribution in [-0.4, -0.2) is 60.6 Å². The number of thiazole rings is 1. The molecule has 2 aromatic carbocycles. The van der Waals surface area contributed by atoms with Gasteiger partial charge in [-0.1, -0.05) is 23.7 Å². The number of amides is 1. The number of carbonyl (C=O) groups excluding carboxylic acids is 1. The molecule has 6 nitrogen and oxygen atoms in total. The number of rotatable bonds is 7. The predicted octanol–water partition coefficient (Wildman–Crippen LogP) is 4.20. The molecule has 1 fully saturated rings. The molecule has 0 unspecified atom stereocenters. The van der Waals surface area contributed by atoms with E-state index in [1.165, 1.54) is 0 Å². The molecule has 0 spiro atoms. The average Bonchev–Trinajstić information content (AvgIpc) is 3.27. The van der Waals surface area contributed by atoms with Crippen LogP contribution in [0.2, 0.25) is 5.02 Å². The Morgan fingerprint density at radius 3 is 2.39 bits per heavy atom. The number of ether oxygens (including phenoxy) is 2. The van der Waals surface area contributed by atoms with Crippen molar-refractivity contribution in [1.82, 2.24) is 14.8 Å². The molecule has 1 aliphatic heterocycles. The van der Waals surface area contributed by atoms with Gasteiger partial charge in [0.1, 0.15) is 16.5 Å². The van der Waals surface area contributed by atoms with Gasteiger partial charge in [0.05, 0.1) is 12.8 Å². The Labute approximate surface area is 191 Å². The number of hydrogen-bond donors (Lipinski definition) is 0. The van der Waals surface area contributed by atoms with Gasteiger partial charge in [-0.15, -0.1) is 11.3 Å². The Morgan fingerprint density at radius 1 is 1.03 bits per heavy atom. The summed E-state index contributed by atoms with van der Waals surface area (Å²) in [6, 6.07) is 15.0. The summed E-state index contributed by atoms with van der Waals surface area (Å²) in [7, 11) is 1.62. The van der Waals surface area contributed by atoms with E-state index in [9.17, 15) is 4.79 Å². The third-order valence-electron chi connectivity index (χ3n) is 5.18. The van der Waals surface area contributed by atoms with Crippen LogP contribution in [0.1, 0.15) is 5.69 Å². The highest BCUT2D eigenvalue weighted by molar-refractivity contribution is 7.13. The molecule has 162 valence electrons. The van der Waals surface area contributed by atoms with Crippen molar-refractivity contribution in [2.24, 2.45) is 0 Å². The van der Waals surface area contributed by atoms with E-state index in [-0.39, 0.29) is 12.5 Å². The van der Waals surface area contributed by atoms with E-state index >= 15 is 0 Å². The second-order valence-corrected chi connectivity index (χ2v) is 8.57. The molecule has 0 N–H and O–H groups in total. The maximum absolute atomic E-state index is 12.5. The van der Waals surface area contributed by atoms with E-state index in [1.807, 2.05) is 41.3 Å². The number of benzene rings is 2. The Hall–Kier alpha value is -2.61. The minimum absolute atomic E-state index is 0.00847. The van der Waals surface area contributed by atoms with E-state index in [0.29, 0.717) is 18.8 Å². The van der Waals surface area contributed by atoms with E-state index in [4.69, 9.17) is 26.1 Å². The number of methoxy groups -OCH3 is 1. The van der Waals surface area contributed by atoms with Gasteiger partial charge >= 0.3 is 0 Å². The molecule has 0 aliphatic carbocycles. The van der Waals surface area contributed by atoms with Gasteiger partial charge in [0.25, 0.3) is 5.91 Å². The molecule has 0 atom stereocenters. The summed E-state index contributed by atoms with van der Waals surface area (Å²) in [4.78, 5) is 21.4. The Morgan fingerprint density at radius 2 is 1.71 bits per heavy atom. The summed E-state index contributed by atoms with van der Waals surface area (Å²) >= 11 is 7.60. The molecule has 1 aliphatic rings. The first-order chi connectivity index (χ1) is 15.1. The molecule has 0 radical (unpaired) electrons. The van der Waals surface area contributed by atoms with Crippen molar-refractivity contribution in [3.05, 3.63) is 64.6 Å². The second-order valence-electron chi connectivity index (χ2n) is 7.27. The van der Waals surface area contributed by atoms with Crippen LogP contribution in [0.25, 0.3) is 10.6 Å². The van der Waals surface area contributed by atoms with Gasteiger partial charge in [-0.05, 0) is 36.4 Å².